The predicted molar refractivity (Wildman–Crippen MR) is 106 cm³/mol. The van der Waals surface area contributed by atoms with Gasteiger partial charge in [0.2, 0.25) is 0 Å². The summed E-state index contributed by atoms with van der Waals surface area (Å²) in [5, 5.41) is 27.7. The highest BCUT2D eigenvalue weighted by molar-refractivity contribution is 6.54. The van der Waals surface area contributed by atoms with Gasteiger partial charge in [0, 0.05) is 0 Å². The minimum Gasteiger partial charge on any atom is -0.506 e. The summed E-state index contributed by atoms with van der Waals surface area (Å²) in [5.41, 5.74) is -1.28. The molecular weight excluding hydrogens is 461 g/mol. The first-order valence-corrected chi connectivity index (χ1v) is 9.30. The highest BCUT2D eigenvalue weighted by atomic mass is 35.5. The number of ketones is 1. The molecular formula is C17H11Cl5O5. The Kier molecular flexibility index (Phi) is 6.77. The van der Waals surface area contributed by atoms with Crippen LogP contribution in [0.15, 0.2) is 6.07 Å². The molecule has 27 heavy (non-hydrogen) atoms. The Morgan fingerprint density at radius 1 is 0.852 bits per heavy atom. The van der Waals surface area contributed by atoms with E-state index >= 15 is 0 Å². The fourth-order valence-corrected chi connectivity index (χ4v) is 3.74. The molecule has 2 aromatic carbocycles. The Hall–Kier alpha value is -1.37. The molecule has 0 unspecified atom stereocenters. The van der Waals surface area contributed by atoms with E-state index in [1.54, 1.807) is 0 Å². The molecule has 10 heteroatoms. The molecule has 0 radical (unpaired) electrons. The number of carboxylic acids is 1. The van der Waals surface area contributed by atoms with Gasteiger partial charge in [0.15, 0.2) is 5.78 Å². The third-order valence-corrected chi connectivity index (χ3v) is 5.93. The highest BCUT2D eigenvalue weighted by Crippen LogP contribution is 2.45. The van der Waals surface area contributed by atoms with Crippen molar-refractivity contribution >= 4 is 69.8 Å². The van der Waals surface area contributed by atoms with E-state index in [1.807, 2.05) is 6.92 Å². The molecule has 0 aliphatic rings. The Bertz CT molecular complexity index is 971. The zero-order valence-electron chi connectivity index (χ0n) is 13.5. The molecule has 0 aliphatic heterocycles. The molecule has 0 aliphatic carbocycles. The van der Waals surface area contributed by atoms with Gasteiger partial charge in [0.25, 0.3) is 0 Å². The lowest BCUT2D eigenvalue weighted by Gasteiger charge is -2.15. The standard InChI is InChI=1S/C17H11Cl5O5/c1-2-3-5-4-6(16(25)13(22)14(5)23)15(24)7-8(17(26)27)10(19)12(21)11(20)9(7)18/h4,23,25H,2-3H2,1H3,(H,26,27). The lowest BCUT2D eigenvalue weighted by atomic mass is 9.94. The average Bonchev–Trinajstić information content (AvgIpc) is 2.62. The van der Waals surface area contributed by atoms with Crippen molar-refractivity contribution in [2.24, 2.45) is 0 Å². The van der Waals surface area contributed by atoms with Crippen molar-refractivity contribution in [3.8, 4) is 11.5 Å². The van der Waals surface area contributed by atoms with Crippen LogP contribution in [-0.2, 0) is 6.42 Å². The molecule has 5 nitrogen and oxygen atoms in total. The third kappa shape index (κ3) is 3.80. The van der Waals surface area contributed by atoms with Gasteiger partial charge in [-0.3, -0.25) is 4.79 Å². The molecule has 3 N–H and O–H groups in total. The number of aryl methyl sites for hydroxylation is 1. The van der Waals surface area contributed by atoms with Crippen LogP contribution in [0.5, 0.6) is 11.5 Å². The summed E-state index contributed by atoms with van der Waals surface area (Å²) in [7, 11) is 0. The predicted octanol–water partition coefficient (Wildman–Crippen LogP) is 6.25. The molecule has 2 rings (SSSR count). The fraction of sp³-hybridized carbons (Fsp3) is 0.176. The molecule has 0 saturated carbocycles. The molecule has 0 fully saturated rings. The second kappa shape index (κ2) is 8.33. The van der Waals surface area contributed by atoms with E-state index in [1.165, 1.54) is 6.07 Å². The zero-order chi connectivity index (χ0) is 20.6. The van der Waals surface area contributed by atoms with Gasteiger partial charge in [-0.2, -0.15) is 0 Å². The van der Waals surface area contributed by atoms with Gasteiger partial charge in [-0.15, -0.1) is 0 Å². The third-order valence-electron chi connectivity index (χ3n) is 3.77. The lowest BCUT2D eigenvalue weighted by Crippen LogP contribution is -2.13. The van der Waals surface area contributed by atoms with Crippen LogP contribution in [0, 0.1) is 0 Å². The minimum atomic E-state index is -1.57. The van der Waals surface area contributed by atoms with E-state index in [4.69, 9.17) is 58.0 Å². The van der Waals surface area contributed by atoms with E-state index in [-0.39, 0.29) is 21.4 Å². The molecule has 0 bridgehead atoms. The number of carbonyl (C=O) groups excluding carboxylic acids is 1. The highest BCUT2D eigenvalue weighted by Gasteiger charge is 2.31. The number of aromatic hydroxyl groups is 2. The smallest absolute Gasteiger partial charge is 0.338 e. The quantitative estimate of drug-likeness (QED) is 0.272. The second-order valence-corrected chi connectivity index (χ2v) is 7.37. The lowest BCUT2D eigenvalue weighted by molar-refractivity contribution is 0.0693. The number of halogens is 5. The fourth-order valence-electron chi connectivity index (χ4n) is 2.50. The van der Waals surface area contributed by atoms with Gasteiger partial charge >= 0.3 is 5.97 Å². The number of carbonyl (C=O) groups is 2. The van der Waals surface area contributed by atoms with Crippen molar-refractivity contribution in [3.63, 3.8) is 0 Å². The summed E-state index contributed by atoms with van der Waals surface area (Å²) in [4.78, 5) is 24.7. The maximum absolute atomic E-state index is 13.0. The zero-order valence-corrected chi connectivity index (χ0v) is 17.3. The van der Waals surface area contributed by atoms with Crippen LogP contribution in [0.4, 0.5) is 0 Å². The van der Waals surface area contributed by atoms with Gasteiger partial charge in [-0.25, -0.2) is 4.79 Å². The molecule has 0 heterocycles. The van der Waals surface area contributed by atoms with Crippen LogP contribution in [0.3, 0.4) is 0 Å². The topological polar surface area (TPSA) is 94.8 Å². The van der Waals surface area contributed by atoms with E-state index < -0.39 is 43.7 Å². The number of benzene rings is 2. The number of carboxylic acid groups (broad SMARTS) is 1. The molecule has 0 spiro atoms. The number of phenolic OH excluding ortho intramolecular Hbond substituents is 2. The number of aromatic carboxylic acids is 1. The van der Waals surface area contributed by atoms with Gasteiger partial charge in [0.05, 0.1) is 36.8 Å². The van der Waals surface area contributed by atoms with Crippen LogP contribution in [0.25, 0.3) is 0 Å². The van der Waals surface area contributed by atoms with Crippen molar-refractivity contribution in [3.05, 3.63) is 53.4 Å². The summed E-state index contributed by atoms with van der Waals surface area (Å²) in [6, 6.07) is 1.21. The van der Waals surface area contributed by atoms with Crippen molar-refractivity contribution in [2.45, 2.75) is 19.8 Å². The van der Waals surface area contributed by atoms with Crippen molar-refractivity contribution < 1.29 is 24.9 Å². The maximum Gasteiger partial charge on any atom is 0.338 e. The summed E-state index contributed by atoms with van der Waals surface area (Å²) >= 11 is 29.7. The molecule has 0 atom stereocenters. The van der Waals surface area contributed by atoms with Crippen molar-refractivity contribution in [2.75, 3.05) is 0 Å². The second-order valence-electron chi connectivity index (χ2n) is 5.48. The summed E-state index contributed by atoms with van der Waals surface area (Å²) in [6.45, 7) is 1.83. The Morgan fingerprint density at radius 2 is 1.37 bits per heavy atom. The van der Waals surface area contributed by atoms with Crippen molar-refractivity contribution in [1.29, 1.82) is 0 Å². The van der Waals surface area contributed by atoms with Crippen LogP contribution in [0.2, 0.25) is 25.1 Å². The minimum absolute atomic E-state index is 0.294. The number of rotatable bonds is 5. The maximum atomic E-state index is 13.0. The summed E-state index contributed by atoms with van der Waals surface area (Å²) < 4.78 is 0. The monoisotopic (exact) mass is 470 g/mol. The van der Waals surface area contributed by atoms with Crippen LogP contribution in [-0.4, -0.2) is 27.1 Å². The summed E-state index contributed by atoms with van der Waals surface area (Å²) in [5.74, 6) is -3.66. The number of phenols is 2. The Labute approximate surface area is 179 Å². The first-order chi connectivity index (χ1) is 12.5. The molecule has 0 saturated heterocycles. The van der Waals surface area contributed by atoms with Gasteiger partial charge < -0.3 is 15.3 Å². The van der Waals surface area contributed by atoms with Crippen LogP contribution >= 0.6 is 58.0 Å². The van der Waals surface area contributed by atoms with Crippen molar-refractivity contribution in [1.82, 2.24) is 0 Å². The van der Waals surface area contributed by atoms with Gasteiger partial charge in [-0.1, -0.05) is 71.3 Å². The van der Waals surface area contributed by atoms with E-state index in [0.717, 1.165) is 0 Å². The average molecular weight is 473 g/mol. The molecule has 144 valence electrons. The van der Waals surface area contributed by atoms with Gasteiger partial charge in [0.1, 0.15) is 16.5 Å². The first kappa shape index (κ1) is 21.9. The largest absolute Gasteiger partial charge is 0.506 e. The van der Waals surface area contributed by atoms with Crippen LogP contribution < -0.4 is 0 Å². The van der Waals surface area contributed by atoms with E-state index in [0.29, 0.717) is 18.4 Å². The number of hydrogen-bond donors (Lipinski definition) is 3. The van der Waals surface area contributed by atoms with Crippen LogP contribution in [0.1, 0.15) is 45.2 Å². The SMILES string of the molecule is CCCc1cc(C(=O)c2c(Cl)c(Cl)c(Cl)c(Cl)c2C(=O)O)c(O)c(Cl)c1O. The first-order valence-electron chi connectivity index (χ1n) is 7.41. The molecule has 0 aromatic heterocycles. The Morgan fingerprint density at radius 3 is 1.85 bits per heavy atom. The summed E-state index contributed by atoms with van der Waals surface area (Å²) in [6.07, 6.45) is 0.968. The van der Waals surface area contributed by atoms with E-state index in [9.17, 15) is 24.9 Å². The normalized spacial score (nSPS) is 10.9. The van der Waals surface area contributed by atoms with E-state index in [2.05, 4.69) is 0 Å². The molecule has 2 aromatic rings. The molecule has 0 amide bonds. The number of hydrogen-bond acceptors (Lipinski definition) is 4. The van der Waals surface area contributed by atoms with Gasteiger partial charge in [-0.05, 0) is 18.1 Å². The Balaban J connectivity index is 2.86.